The summed E-state index contributed by atoms with van der Waals surface area (Å²) >= 11 is 0. The highest BCUT2D eigenvalue weighted by Crippen LogP contribution is 2.09. The van der Waals surface area contributed by atoms with E-state index in [-0.39, 0.29) is 0 Å². The van der Waals surface area contributed by atoms with Gasteiger partial charge in [0.1, 0.15) is 0 Å². The molecule has 0 unspecified atom stereocenters. The third-order valence-corrected chi connectivity index (χ3v) is 3.11. The first kappa shape index (κ1) is 11.7. The van der Waals surface area contributed by atoms with Crippen molar-refractivity contribution in [2.45, 2.75) is 25.7 Å². The summed E-state index contributed by atoms with van der Waals surface area (Å²) in [7, 11) is 0. The van der Waals surface area contributed by atoms with Crippen LogP contribution in [0.2, 0.25) is 0 Å². The maximum atomic E-state index is 5.64. The highest BCUT2D eigenvalue weighted by molar-refractivity contribution is 5.06. The second kappa shape index (κ2) is 6.71. The van der Waals surface area contributed by atoms with Gasteiger partial charge in [-0.3, -0.25) is 9.90 Å². The molecule has 0 aromatic carbocycles. The van der Waals surface area contributed by atoms with Crippen LogP contribution in [0.25, 0.3) is 0 Å². The van der Waals surface area contributed by atoms with Gasteiger partial charge in [0.05, 0.1) is 13.2 Å². The molecular weight excluding hydrogens is 200 g/mol. The van der Waals surface area contributed by atoms with Crippen molar-refractivity contribution >= 4 is 0 Å². The summed E-state index contributed by atoms with van der Waals surface area (Å²) in [5.74, 6) is 0. The van der Waals surface area contributed by atoms with Crippen molar-refractivity contribution in [3.8, 4) is 0 Å². The van der Waals surface area contributed by atoms with Crippen molar-refractivity contribution in [3.05, 3.63) is 24.4 Å². The Morgan fingerprint density at radius 2 is 1.94 bits per heavy atom. The average Bonchev–Trinajstić information content (AvgIpc) is 2.37. The molecule has 2 rings (SSSR count). The lowest BCUT2D eigenvalue weighted by Gasteiger charge is -2.26. The predicted molar refractivity (Wildman–Crippen MR) is 65.8 cm³/mol. The van der Waals surface area contributed by atoms with Crippen molar-refractivity contribution in [1.82, 2.24) is 9.96 Å². The zero-order valence-electron chi connectivity index (χ0n) is 9.98. The van der Waals surface area contributed by atoms with Gasteiger partial charge in [-0.1, -0.05) is 18.6 Å². The van der Waals surface area contributed by atoms with Gasteiger partial charge in [0, 0.05) is 12.7 Å². The minimum Gasteiger partial charge on any atom is -0.303 e. The maximum Gasteiger partial charge on any atom is 0.0760 e. The van der Waals surface area contributed by atoms with Crippen molar-refractivity contribution in [2.75, 3.05) is 32.8 Å². The predicted octanol–water partition coefficient (Wildman–Crippen LogP) is 2.18. The topological polar surface area (TPSA) is 15.7 Å². The van der Waals surface area contributed by atoms with E-state index in [0.717, 1.165) is 19.6 Å². The molecular formula is C13H22N2O. The summed E-state index contributed by atoms with van der Waals surface area (Å²) in [6.07, 6.45) is 13.4. The van der Waals surface area contributed by atoms with Crippen LogP contribution in [-0.4, -0.2) is 42.7 Å². The lowest BCUT2D eigenvalue weighted by molar-refractivity contribution is -0.115. The largest absolute Gasteiger partial charge is 0.303 e. The monoisotopic (exact) mass is 222 g/mol. The molecule has 1 saturated heterocycles. The Hall–Kier alpha value is -0.800. The van der Waals surface area contributed by atoms with Crippen molar-refractivity contribution < 1.29 is 4.84 Å². The van der Waals surface area contributed by atoms with Gasteiger partial charge in [-0.25, -0.2) is 0 Å². The molecule has 3 nitrogen and oxygen atoms in total. The second-order valence-electron chi connectivity index (χ2n) is 4.46. The third-order valence-electron chi connectivity index (χ3n) is 3.11. The number of likely N-dealkylation sites (tertiary alicyclic amines) is 1. The molecule has 2 heterocycles. The van der Waals surface area contributed by atoms with Crippen LogP contribution in [0.3, 0.4) is 0 Å². The average molecular weight is 222 g/mol. The van der Waals surface area contributed by atoms with Crippen LogP contribution in [0.5, 0.6) is 0 Å². The van der Waals surface area contributed by atoms with Gasteiger partial charge in [0.2, 0.25) is 0 Å². The van der Waals surface area contributed by atoms with E-state index in [4.69, 9.17) is 4.84 Å². The first-order chi connectivity index (χ1) is 7.95. The lowest BCUT2D eigenvalue weighted by Crippen LogP contribution is -2.31. The Morgan fingerprint density at radius 3 is 2.69 bits per heavy atom. The highest BCUT2D eigenvalue weighted by Gasteiger charge is 2.09. The molecule has 0 N–H and O–H groups in total. The molecule has 0 aliphatic carbocycles. The van der Waals surface area contributed by atoms with E-state index in [9.17, 15) is 0 Å². The van der Waals surface area contributed by atoms with Crippen LogP contribution in [0.1, 0.15) is 25.7 Å². The normalized spacial score (nSPS) is 21.6. The van der Waals surface area contributed by atoms with Gasteiger partial charge in [-0.2, -0.15) is 0 Å². The van der Waals surface area contributed by atoms with Crippen LogP contribution in [0.4, 0.5) is 0 Å². The summed E-state index contributed by atoms with van der Waals surface area (Å²) in [5.41, 5.74) is 0. The third kappa shape index (κ3) is 3.99. The quantitative estimate of drug-likeness (QED) is 0.663. The number of hydrogen-bond donors (Lipinski definition) is 0. The Morgan fingerprint density at radius 1 is 1.06 bits per heavy atom. The smallest absolute Gasteiger partial charge is 0.0760 e. The number of piperidine rings is 1. The summed E-state index contributed by atoms with van der Waals surface area (Å²) in [6.45, 7) is 5.46. The molecule has 0 aromatic rings. The summed E-state index contributed by atoms with van der Waals surface area (Å²) in [4.78, 5) is 8.20. The molecule has 0 aromatic heterocycles. The molecule has 0 saturated carbocycles. The van der Waals surface area contributed by atoms with E-state index in [1.54, 1.807) is 0 Å². The zero-order chi connectivity index (χ0) is 11.1. The molecule has 0 amide bonds. The first-order valence-electron chi connectivity index (χ1n) is 6.40. The minimum absolute atomic E-state index is 0.828. The lowest BCUT2D eigenvalue weighted by atomic mass is 10.1. The highest BCUT2D eigenvalue weighted by atomic mass is 16.7. The molecule has 0 spiro atoms. The SMILES string of the molecule is C1=CCN(OCCCN2CCCCC2)C=C1. The minimum atomic E-state index is 0.828. The maximum absolute atomic E-state index is 5.64. The standard InChI is InChI=1S/C13H22N2O/c1-3-8-14(9-4-1)10-7-13-16-15-11-5-2-6-12-15/h2,5-6,11H,1,3-4,7-10,12-13H2. The molecule has 16 heavy (non-hydrogen) atoms. The van der Waals surface area contributed by atoms with Crippen LogP contribution in [0, 0.1) is 0 Å². The molecule has 1 fully saturated rings. The Balaban J connectivity index is 1.51. The molecule has 0 radical (unpaired) electrons. The van der Waals surface area contributed by atoms with Crippen LogP contribution >= 0.6 is 0 Å². The number of allylic oxidation sites excluding steroid dienone is 2. The van der Waals surface area contributed by atoms with Gasteiger partial charge in [0.15, 0.2) is 0 Å². The Labute approximate surface area is 98.3 Å². The van der Waals surface area contributed by atoms with Gasteiger partial charge in [0.25, 0.3) is 0 Å². The van der Waals surface area contributed by atoms with E-state index in [2.05, 4.69) is 11.0 Å². The summed E-state index contributed by atoms with van der Waals surface area (Å²) < 4.78 is 0. The summed E-state index contributed by atoms with van der Waals surface area (Å²) in [5, 5.41) is 1.90. The van der Waals surface area contributed by atoms with Crippen LogP contribution in [0.15, 0.2) is 24.4 Å². The fourth-order valence-corrected chi connectivity index (χ4v) is 2.20. The van der Waals surface area contributed by atoms with E-state index in [0.29, 0.717) is 0 Å². The molecule has 0 atom stereocenters. The van der Waals surface area contributed by atoms with Crippen molar-refractivity contribution in [2.24, 2.45) is 0 Å². The molecule has 2 aliphatic rings. The molecule has 90 valence electrons. The molecule has 3 heteroatoms. The molecule has 0 bridgehead atoms. The fourth-order valence-electron chi connectivity index (χ4n) is 2.20. The van der Waals surface area contributed by atoms with E-state index in [1.807, 2.05) is 23.4 Å². The summed E-state index contributed by atoms with van der Waals surface area (Å²) in [6, 6.07) is 0. The number of nitrogens with zero attached hydrogens (tertiary/aromatic N) is 2. The zero-order valence-corrected chi connectivity index (χ0v) is 9.98. The molecule has 2 aliphatic heterocycles. The first-order valence-corrected chi connectivity index (χ1v) is 6.40. The van der Waals surface area contributed by atoms with Crippen molar-refractivity contribution in [1.29, 1.82) is 0 Å². The van der Waals surface area contributed by atoms with E-state index >= 15 is 0 Å². The van der Waals surface area contributed by atoms with Crippen molar-refractivity contribution in [3.63, 3.8) is 0 Å². The second-order valence-corrected chi connectivity index (χ2v) is 4.46. The van der Waals surface area contributed by atoms with Crippen LogP contribution < -0.4 is 0 Å². The van der Waals surface area contributed by atoms with Gasteiger partial charge < -0.3 is 4.90 Å². The number of hydroxylamine groups is 2. The van der Waals surface area contributed by atoms with E-state index in [1.165, 1.54) is 38.9 Å². The van der Waals surface area contributed by atoms with Gasteiger partial charge in [-0.05, 0) is 38.4 Å². The number of hydrogen-bond acceptors (Lipinski definition) is 3. The van der Waals surface area contributed by atoms with Gasteiger partial charge >= 0.3 is 0 Å². The van der Waals surface area contributed by atoms with E-state index < -0.39 is 0 Å². The number of rotatable bonds is 5. The fraction of sp³-hybridized carbons (Fsp3) is 0.692. The Bertz CT molecular complexity index is 244. The van der Waals surface area contributed by atoms with Gasteiger partial charge in [-0.15, -0.1) is 0 Å². The van der Waals surface area contributed by atoms with Crippen LogP contribution in [-0.2, 0) is 4.84 Å². The Kier molecular flexibility index (Phi) is 4.90.